The van der Waals surface area contributed by atoms with Crippen molar-refractivity contribution in [1.29, 1.82) is 0 Å². The van der Waals surface area contributed by atoms with Crippen molar-refractivity contribution in [3.8, 4) is 0 Å². The number of carbonyl (C=O) groups excluding carboxylic acids is 1. The Labute approximate surface area is 90.1 Å². The molecule has 13 heavy (non-hydrogen) atoms. The maximum atomic E-state index is 11.2. The summed E-state index contributed by atoms with van der Waals surface area (Å²) in [5, 5.41) is 0. The summed E-state index contributed by atoms with van der Waals surface area (Å²) in [4.78, 5) is 13.3. The van der Waals surface area contributed by atoms with Crippen molar-refractivity contribution in [1.82, 2.24) is 0 Å². The molecule has 74 valence electrons. The summed E-state index contributed by atoms with van der Waals surface area (Å²) in [6.07, 6.45) is 0. The van der Waals surface area contributed by atoms with E-state index in [1.165, 1.54) is 0 Å². The third kappa shape index (κ3) is 3.97. The summed E-state index contributed by atoms with van der Waals surface area (Å²) in [5.74, 6) is -0.341. The molecular formula is C10H16O2Te. The van der Waals surface area contributed by atoms with Gasteiger partial charge in [0.25, 0.3) is 0 Å². The third-order valence-electron chi connectivity index (χ3n) is 1.61. The molecule has 0 spiro atoms. The van der Waals surface area contributed by atoms with Crippen LogP contribution in [0, 0.1) is 0 Å². The molecule has 0 aliphatic heterocycles. The fourth-order valence-corrected chi connectivity index (χ4v) is 2.14. The Hall–Kier alpha value is -0.260. The Morgan fingerprint density at radius 3 is 2.15 bits per heavy atom. The van der Waals surface area contributed by atoms with Crippen molar-refractivity contribution in [2.45, 2.75) is 31.3 Å². The van der Waals surface area contributed by atoms with Crippen LogP contribution in [0.15, 0.2) is 22.4 Å². The fourth-order valence-electron chi connectivity index (χ4n) is 0.622. The van der Waals surface area contributed by atoms with Crippen LogP contribution in [-0.4, -0.2) is 32.5 Å². The molecular weight excluding hydrogens is 280 g/mol. The molecule has 0 rings (SSSR count). The normalized spacial score (nSPS) is 10.8. The van der Waals surface area contributed by atoms with Gasteiger partial charge in [-0.1, -0.05) is 0 Å². The van der Waals surface area contributed by atoms with Gasteiger partial charge in [-0.25, -0.2) is 0 Å². The van der Waals surface area contributed by atoms with E-state index in [1.54, 1.807) is 6.92 Å². The molecule has 0 unspecified atom stereocenters. The molecule has 0 heterocycles. The predicted molar refractivity (Wildman–Crippen MR) is 55.7 cm³/mol. The van der Waals surface area contributed by atoms with Crippen molar-refractivity contribution in [2.75, 3.05) is 0 Å². The molecule has 3 heteroatoms. The first-order chi connectivity index (χ1) is 5.81. The van der Waals surface area contributed by atoms with Gasteiger partial charge in [0.1, 0.15) is 0 Å². The van der Waals surface area contributed by atoms with Crippen LogP contribution < -0.4 is 0 Å². The first kappa shape index (κ1) is 12.7. The molecule has 0 fully saturated rings. The van der Waals surface area contributed by atoms with Gasteiger partial charge in [-0.3, -0.25) is 0 Å². The Balaban J connectivity index is 4.42. The minimum atomic E-state index is -0.535. The maximum absolute atomic E-state index is 11.2. The van der Waals surface area contributed by atoms with Gasteiger partial charge in [0.15, 0.2) is 0 Å². The van der Waals surface area contributed by atoms with E-state index in [9.17, 15) is 4.79 Å². The van der Waals surface area contributed by atoms with E-state index >= 15 is 0 Å². The number of carbonyl (C=O) groups is 1. The number of ether oxygens (including phenoxy) is 1. The van der Waals surface area contributed by atoms with Crippen molar-refractivity contribution in [3.05, 3.63) is 22.4 Å². The first-order valence-corrected chi connectivity index (χ1v) is 7.43. The molecule has 0 aromatic carbocycles. The zero-order chi connectivity index (χ0) is 10.6. The quantitative estimate of drug-likeness (QED) is 0.451. The molecule has 0 aromatic rings. The van der Waals surface area contributed by atoms with E-state index in [0.717, 1.165) is 3.62 Å². The molecule has 0 aliphatic rings. The van der Waals surface area contributed by atoms with E-state index in [4.69, 9.17) is 4.74 Å². The third-order valence-corrected chi connectivity index (χ3v) is 4.42. The van der Waals surface area contributed by atoms with E-state index in [0.29, 0.717) is 5.57 Å². The monoisotopic (exact) mass is 298 g/mol. The molecule has 0 aliphatic carbocycles. The van der Waals surface area contributed by atoms with E-state index in [-0.39, 0.29) is 26.9 Å². The van der Waals surface area contributed by atoms with Crippen LogP contribution in [-0.2, 0) is 9.53 Å². The average Bonchev–Trinajstić information content (AvgIpc) is 2.01. The van der Waals surface area contributed by atoms with Crippen LogP contribution in [0.5, 0.6) is 0 Å². The van der Waals surface area contributed by atoms with Crippen LogP contribution in [0.25, 0.3) is 0 Å². The summed E-state index contributed by atoms with van der Waals surface area (Å²) in [7, 11) is 0. The number of hydrogen-bond donors (Lipinski definition) is 0. The Morgan fingerprint density at radius 1 is 1.38 bits per heavy atom. The zero-order valence-electron chi connectivity index (χ0n) is 8.64. The van der Waals surface area contributed by atoms with Gasteiger partial charge < -0.3 is 0 Å². The van der Waals surface area contributed by atoms with Gasteiger partial charge in [-0.2, -0.15) is 0 Å². The second kappa shape index (κ2) is 4.83. The SMILES string of the molecule is C=C(C)C(=O)OC(C)(C)C(=C)[Te]C. The van der Waals surface area contributed by atoms with Crippen molar-refractivity contribution in [2.24, 2.45) is 0 Å². The Kier molecular flexibility index (Phi) is 4.74. The van der Waals surface area contributed by atoms with E-state index < -0.39 is 5.60 Å². The average molecular weight is 296 g/mol. The second-order valence-corrected chi connectivity index (χ2v) is 5.88. The number of hydrogen-bond acceptors (Lipinski definition) is 2. The van der Waals surface area contributed by atoms with Crippen molar-refractivity contribution >= 4 is 26.9 Å². The van der Waals surface area contributed by atoms with E-state index in [2.05, 4.69) is 18.1 Å². The molecule has 0 bridgehead atoms. The first-order valence-electron chi connectivity index (χ1n) is 3.93. The minimum absolute atomic E-state index is 0.262. The van der Waals surface area contributed by atoms with Crippen LogP contribution in [0.2, 0.25) is 4.97 Å². The molecule has 0 saturated heterocycles. The van der Waals surface area contributed by atoms with Gasteiger partial charge in [-0.05, 0) is 0 Å². The molecule has 0 aromatic heterocycles. The molecule has 2 nitrogen and oxygen atoms in total. The number of esters is 1. The molecule has 0 saturated carbocycles. The number of rotatable bonds is 4. The summed E-state index contributed by atoms with van der Waals surface area (Å²) in [6, 6.07) is 0. The summed E-state index contributed by atoms with van der Waals surface area (Å²) in [6.45, 7) is 12.8. The molecule has 0 radical (unpaired) electrons. The van der Waals surface area contributed by atoms with Gasteiger partial charge in [0.05, 0.1) is 0 Å². The van der Waals surface area contributed by atoms with Crippen LogP contribution in [0.4, 0.5) is 0 Å². The summed E-state index contributed by atoms with van der Waals surface area (Å²) in [5.41, 5.74) is -0.106. The standard InChI is InChI=1S/C10H16O2Te/c1-7(2)9(11)12-10(4,5)8(3)13-6/h1,3H2,2,4-6H3. The van der Waals surface area contributed by atoms with Crippen LogP contribution >= 0.6 is 0 Å². The predicted octanol–water partition coefficient (Wildman–Crippen LogP) is 2.15. The van der Waals surface area contributed by atoms with Crippen LogP contribution in [0.1, 0.15) is 20.8 Å². The van der Waals surface area contributed by atoms with Gasteiger partial charge >= 0.3 is 90.1 Å². The van der Waals surface area contributed by atoms with Crippen molar-refractivity contribution < 1.29 is 9.53 Å². The summed E-state index contributed by atoms with van der Waals surface area (Å²) < 4.78 is 6.28. The molecule has 0 amide bonds. The Bertz CT molecular complexity index is 241. The topological polar surface area (TPSA) is 26.3 Å². The summed E-state index contributed by atoms with van der Waals surface area (Å²) >= 11 is -0.262. The van der Waals surface area contributed by atoms with Crippen LogP contribution in [0.3, 0.4) is 0 Å². The Morgan fingerprint density at radius 2 is 1.85 bits per heavy atom. The van der Waals surface area contributed by atoms with Gasteiger partial charge in [0, 0.05) is 0 Å². The molecule has 0 atom stereocenters. The second-order valence-electron chi connectivity index (χ2n) is 3.31. The molecule has 0 N–H and O–H groups in total. The van der Waals surface area contributed by atoms with Crippen molar-refractivity contribution in [3.63, 3.8) is 0 Å². The van der Waals surface area contributed by atoms with Gasteiger partial charge in [0.2, 0.25) is 0 Å². The van der Waals surface area contributed by atoms with Gasteiger partial charge in [-0.15, -0.1) is 0 Å². The van der Waals surface area contributed by atoms with E-state index in [1.807, 2.05) is 13.8 Å². The fraction of sp³-hybridized carbons (Fsp3) is 0.500. The zero-order valence-corrected chi connectivity index (χ0v) is 11.0.